The van der Waals surface area contributed by atoms with E-state index in [2.05, 4.69) is 26.0 Å². The summed E-state index contributed by atoms with van der Waals surface area (Å²) in [6, 6.07) is 0. The van der Waals surface area contributed by atoms with E-state index in [1.54, 1.807) is 0 Å². The molecule has 2 heteroatoms. The minimum Gasteiger partial charge on any atom is -0.466 e. The van der Waals surface area contributed by atoms with Crippen molar-refractivity contribution in [2.75, 3.05) is 6.61 Å². The Hall–Kier alpha value is -0.790. The lowest BCUT2D eigenvalue weighted by Gasteiger charge is -2.06. The zero-order valence-electron chi connectivity index (χ0n) is 37.0. The molecule has 0 saturated carbocycles. The lowest BCUT2D eigenvalue weighted by molar-refractivity contribution is -0.143. The maximum atomic E-state index is 12.1. The van der Waals surface area contributed by atoms with Gasteiger partial charge in [-0.25, -0.2) is 0 Å². The molecule has 316 valence electrons. The second-order valence-corrected chi connectivity index (χ2v) is 17.2. The second-order valence-electron chi connectivity index (χ2n) is 17.2. The Morgan fingerprint density at radius 1 is 0.302 bits per heavy atom. The molecule has 0 aromatic carbocycles. The third kappa shape index (κ3) is 49.2. The molecule has 2 nitrogen and oxygen atoms in total. The first-order valence-corrected chi connectivity index (χ1v) is 25.1. The molecule has 0 spiro atoms. The SMILES string of the molecule is CCCCCCCC/C=C\CCCCCCCCCCCCOC(=O)CCCCCCCCCCCCCCCCCCCCCCCCCCCC. The smallest absolute Gasteiger partial charge is 0.305 e. The fourth-order valence-electron chi connectivity index (χ4n) is 7.90. The van der Waals surface area contributed by atoms with Gasteiger partial charge in [0.15, 0.2) is 0 Å². The number of carbonyl (C=O) groups excluding carboxylic acids is 1. The molecule has 0 aromatic rings. The molecule has 0 aliphatic heterocycles. The van der Waals surface area contributed by atoms with E-state index in [4.69, 9.17) is 4.74 Å². The van der Waals surface area contributed by atoms with Gasteiger partial charge in [0.05, 0.1) is 6.61 Å². The number of unbranched alkanes of at least 4 members (excludes halogenated alkanes) is 41. The maximum Gasteiger partial charge on any atom is 0.305 e. The third-order valence-corrected chi connectivity index (χ3v) is 11.7. The summed E-state index contributed by atoms with van der Waals surface area (Å²) in [4.78, 5) is 12.1. The number of hydrogen-bond donors (Lipinski definition) is 0. The highest BCUT2D eigenvalue weighted by Gasteiger charge is 2.03. The molecular weight excluding hydrogens is 645 g/mol. The van der Waals surface area contributed by atoms with Crippen LogP contribution >= 0.6 is 0 Å². The van der Waals surface area contributed by atoms with Gasteiger partial charge in [0, 0.05) is 6.42 Å². The fourth-order valence-corrected chi connectivity index (χ4v) is 7.90. The van der Waals surface area contributed by atoms with Crippen LogP contribution in [0.15, 0.2) is 12.2 Å². The van der Waals surface area contributed by atoms with Crippen LogP contribution in [-0.4, -0.2) is 12.6 Å². The summed E-state index contributed by atoms with van der Waals surface area (Å²) in [5, 5.41) is 0. The second kappa shape index (κ2) is 49.2. The number of esters is 1. The van der Waals surface area contributed by atoms with Crippen LogP contribution in [0.5, 0.6) is 0 Å². The van der Waals surface area contributed by atoms with Crippen molar-refractivity contribution in [3.63, 3.8) is 0 Å². The van der Waals surface area contributed by atoms with Crippen molar-refractivity contribution < 1.29 is 9.53 Å². The summed E-state index contributed by atoms with van der Waals surface area (Å²) in [5.41, 5.74) is 0. The van der Waals surface area contributed by atoms with Gasteiger partial charge in [-0.1, -0.05) is 270 Å². The Balaban J connectivity index is 3.16. The van der Waals surface area contributed by atoms with Crippen LogP contribution in [0.25, 0.3) is 0 Å². The average Bonchev–Trinajstić information content (AvgIpc) is 3.16. The minimum atomic E-state index is 0.0302. The number of allylic oxidation sites excluding steroid dienone is 2. The van der Waals surface area contributed by atoms with Gasteiger partial charge in [0.25, 0.3) is 0 Å². The Labute approximate surface area is 336 Å². The van der Waals surface area contributed by atoms with E-state index >= 15 is 0 Å². The van der Waals surface area contributed by atoms with Crippen LogP contribution in [-0.2, 0) is 9.53 Å². The van der Waals surface area contributed by atoms with Crippen LogP contribution in [0, 0.1) is 0 Å². The number of rotatable bonds is 47. The van der Waals surface area contributed by atoms with E-state index in [9.17, 15) is 4.79 Å². The predicted octanol–water partition coefficient (Wildman–Crippen LogP) is 18.7. The van der Waals surface area contributed by atoms with E-state index < -0.39 is 0 Å². The standard InChI is InChI=1S/C51H100O2/c1-3-5-7-9-11-13-15-17-19-21-23-25-26-27-28-29-30-31-33-35-37-39-41-43-45-47-49-51(52)53-50-48-46-44-42-40-38-36-34-32-24-22-20-18-16-14-12-10-8-6-4-2/h18,20H,3-17,19,21-50H2,1-2H3/b20-18-. The molecule has 0 rings (SSSR count). The fraction of sp³-hybridized carbons (Fsp3) is 0.941. The molecular formula is C51H100O2. The van der Waals surface area contributed by atoms with Crippen molar-refractivity contribution in [3.8, 4) is 0 Å². The molecule has 0 N–H and O–H groups in total. The lowest BCUT2D eigenvalue weighted by Crippen LogP contribution is -2.05. The molecule has 0 amide bonds. The Morgan fingerprint density at radius 2 is 0.528 bits per heavy atom. The van der Waals surface area contributed by atoms with Gasteiger partial charge in [0.2, 0.25) is 0 Å². The molecule has 0 aromatic heterocycles. The van der Waals surface area contributed by atoms with E-state index in [0.29, 0.717) is 13.0 Å². The van der Waals surface area contributed by atoms with Crippen LogP contribution in [0.4, 0.5) is 0 Å². The number of hydrogen-bond acceptors (Lipinski definition) is 2. The highest BCUT2D eigenvalue weighted by molar-refractivity contribution is 5.69. The van der Waals surface area contributed by atoms with Crippen molar-refractivity contribution in [2.24, 2.45) is 0 Å². The molecule has 0 saturated heterocycles. The van der Waals surface area contributed by atoms with Gasteiger partial charge < -0.3 is 4.74 Å². The highest BCUT2D eigenvalue weighted by atomic mass is 16.5. The molecule has 0 radical (unpaired) electrons. The molecule has 0 bridgehead atoms. The van der Waals surface area contributed by atoms with Gasteiger partial charge in [0.1, 0.15) is 0 Å². The first-order valence-electron chi connectivity index (χ1n) is 25.1. The summed E-state index contributed by atoms with van der Waals surface area (Å²) in [6.45, 7) is 5.22. The monoisotopic (exact) mass is 745 g/mol. The summed E-state index contributed by atoms with van der Waals surface area (Å²) in [7, 11) is 0. The lowest BCUT2D eigenvalue weighted by atomic mass is 10.0. The van der Waals surface area contributed by atoms with E-state index in [0.717, 1.165) is 12.8 Å². The Morgan fingerprint density at radius 3 is 0.811 bits per heavy atom. The molecule has 0 aliphatic carbocycles. The summed E-state index contributed by atoms with van der Waals surface area (Å²) < 4.78 is 5.49. The third-order valence-electron chi connectivity index (χ3n) is 11.7. The van der Waals surface area contributed by atoms with Crippen LogP contribution in [0.3, 0.4) is 0 Å². The summed E-state index contributed by atoms with van der Waals surface area (Å²) in [6.07, 6.45) is 66.4. The van der Waals surface area contributed by atoms with E-state index in [1.165, 1.54) is 270 Å². The molecule has 0 fully saturated rings. The molecule has 53 heavy (non-hydrogen) atoms. The minimum absolute atomic E-state index is 0.0302. The van der Waals surface area contributed by atoms with Crippen LogP contribution in [0.2, 0.25) is 0 Å². The van der Waals surface area contributed by atoms with E-state index in [-0.39, 0.29) is 5.97 Å². The van der Waals surface area contributed by atoms with Gasteiger partial charge in [-0.15, -0.1) is 0 Å². The summed E-state index contributed by atoms with van der Waals surface area (Å²) >= 11 is 0. The summed E-state index contributed by atoms with van der Waals surface area (Å²) in [5.74, 6) is 0.0302. The number of ether oxygens (including phenoxy) is 1. The normalized spacial score (nSPS) is 11.7. The zero-order valence-corrected chi connectivity index (χ0v) is 37.0. The Kier molecular flexibility index (Phi) is 48.5. The van der Waals surface area contributed by atoms with Crippen molar-refractivity contribution in [2.45, 2.75) is 303 Å². The van der Waals surface area contributed by atoms with Crippen LogP contribution in [0.1, 0.15) is 303 Å². The molecule has 0 unspecified atom stereocenters. The van der Waals surface area contributed by atoms with Gasteiger partial charge in [-0.3, -0.25) is 4.79 Å². The van der Waals surface area contributed by atoms with Crippen molar-refractivity contribution in [1.82, 2.24) is 0 Å². The quantitative estimate of drug-likeness (QED) is 0.0352. The van der Waals surface area contributed by atoms with Gasteiger partial charge in [-0.05, 0) is 38.5 Å². The Bertz CT molecular complexity index is 684. The maximum absolute atomic E-state index is 12.1. The highest BCUT2D eigenvalue weighted by Crippen LogP contribution is 2.17. The number of carbonyl (C=O) groups is 1. The first kappa shape index (κ1) is 52.2. The van der Waals surface area contributed by atoms with E-state index in [1.807, 2.05) is 0 Å². The topological polar surface area (TPSA) is 26.3 Å². The van der Waals surface area contributed by atoms with Crippen molar-refractivity contribution >= 4 is 5.97 Å². The van der Waals surface area contributed by atoms with Gasteiger partial charge >= 0.3 is 5.97 Å². The molecule has 0 atom stereocenters. The molecule has 0 heterocycles. The average molecular weight is 745 g/mol. The largest absolute Gasteiger partial charge is 0.466 e. The molecule has 0 aliphatic rings. The predicted molar refractivity (Wildman–Crippen MR) is 239 cm³/mol. The van der Waals surface area contributed by atoms with Crippen LogP contribution < -0.4 is 0 Å². The zero-order chi connectivity index (χ0) is 38.2. The first-order chi connectivity index (χ1) is 26.3. The van der Waals surface area contributed by atoms with Crippen molar-refractivity contribution in [3.05, 3.63) is 12.2 Å². The van der Waals surface area contributed by atoms with Gasteiger partial charge in [-0.2, -0.15) is 0 Å². The van der Waals surface area contributed by atoms with Crippen molar-refractivity contribution in [1.29, 1.82) is 0 Å².